The van der Waals surface area contributed by atoms with Gasteiger partial charge in [-0.2, -0.15) is 0 Å². The number of allylic oxidation sites excluding steroid dienone is 1. The second-order valence-corrected chi connectivity index (χ2v) is 21.6. The molecule has 39 heavy (non-hydrogen) atoms. The molecule has 0 spiro atoms. The molecule has 0 heterocycles. The molecule has 5 nitrogen and oxygen atoms in total. The number of esters is 1. The van der Waals surface area contributed by atoms with Gasteiger partial charge in [0, 0.05) is 0 Å². The van der Waals surface area contributed by atoms with E-state index in [-0.39, 0.29) is 29.6 Å². The fraction of sp³-hybridized carbons (Fsp3) is 0.469. The molecule has 0 radical (unpaired) electrons. The fourth-order valence-corrected chi connectivity index (χ4v) is 5.93. The van der Waals surface area contributed by atoms with Crippen LogP contribution < -0.4 is 4.74 Å². The van der Waals surface area contributed by atoms with Crippen molar-refractivity contribution in [2.75, 3.05) is 0 Å². The maximum Gasteiger partial charge on any atom is 0.313 e. The lowest BCUT2D eigenvalue weighted by Crippen LogP contribution is -2.45. The standard InChI is InChI=1S/C32H48O5Si2/c1-26(36-38(5,6)7)17-16-22-29(34-25-27-18-12-10-13-19-27)23-30(37-39(8,9)32(2,3)4)24-31(33)35-28-20-14-11-15-21-28/h10-21,29-30H,1,22-25H2,2-9H3/b17-16+/t29-,30+/m0/s1. The summed E-state index contributed by atoms with van der Waals surface area (Å²) in [4.78, 5) is 13.0. The van der Waals surface area contributed by atoms with E-state index in [1.165, 1.54) is 0 Å². The third-order valence-electron chi connectivity index (χ3n) is 6.63. The van der Waals surface area contributed by atoms with Crippen LogP contribution in [-0.4, -0.2) is 34.8 Å². The second kappa shape index (κ2) is 14.8. The quantitative estimate of drug-likeness (QED) is 0.0707. The van der Waals surface area contributed by atoms with Crippen molar-refractivity contribution in [1.29, 1.82) is 0 Å². The van der Waals surface area contributed by atoms with Crippen molar-refractivity contribution >= 4 is 22.6 Å². The Morgan fingerprint density at radius 3 is 2.08 bits per heavy atom. The molecule has 0 saturated heterocycles. The normalized spacial score (nSPS) is 14.2. The van der Waals surface area contributed by atoms with Crippen molar-refractivity contribution in [3.8, 4) is 5.75 Å². The first-order valence-electron chi connectivity index (χ1n) is 13.8. The largest absolute Gasteiger partial charge is 0.545 e. The minimum atomic E-state index is -2.17. The predicted octanol–water partition coefficient (Wildman–Crippen LogP) is 8.66. The monoisotopic (exact) mass is 568 g/mol. The van der Waals surface area contributed by atoms with Crippen molar-refractivity contribution in [1.82, 2.24) is 0 Å². The first-order chi connectivity index (χ1) is 18.1. The van der Waals surface area contributed by atoms with E-state index in [1.54, 1.807) is 12.1 Å². The van der Waals surface area contributed by atoms with Gasteiger partial charge in [0.1, 0.15) is 5.75 Å². The van der Waals surface area contributed by atoms with Crippen LogP contribution in [0.25, 0.3) is 0 Å². The molecule has 0 aliphatic carbocycles. The van der Waals surface area contributed by atoms with Gasteiger partial charge < -0.3 is 18.3 Å². The van der Waals surface area contributed by atoms with Crippen LogP contribution in [0.3, 0.4) is 0 Å². The Kier molecular flexibility index (Phi) is 12.4. The molecule has 0 amide bonds. The molecule has 0 aliphatic heterocycles. The molecule has 2 aromatic carbocycles. The molecule has 2 aromatic rings. The topological polar surface area (TPSA) is 54.0 Å². The van der Waals surface area contributed by atoms with Crippen molar-refractivity contribution in [3.63, 3.8) is 0 Å². The average Bonchev–Trinajstić information content (AvgIpc) is 2.81. The Morgan fingerprint density at radius 2 is 1.51 bits per heavy atom. The number of rotatable bonds is 15. The molecule has 0 aromatic heterocycles. The van der Waals surface area contributed by atoms with Gasteiger partial charge in [0.2, 0.25) is 8.32 Å². The molecule has 0 bridgehead atoms. The zero-order valence-electron chi connectivity index (χ0n) is 25.2. The van der Waals surface area contributed by atoms with Crippen LogP contribution in [-0.2, 0) is 25.0 Å². The lowest BCUT2D eigenvalue weighted by atomic mass is 10.1. The summed E-state index contributed by atoms with van der Waals surface area (Å²) >= 11 is 0. The van der Waals surface area contributed by atoms with E-state index in [4.69, 9.17) is 18.3 Å². The third-order valence-corrected chi connectivity index (χ3v) is 12.0. The van der Waals surface area contributed by atoms with Gasteiger partial charge in [0.25, 0.3) is 0 Å². The van der Waals surface area contributed by atoms with Crippen LogP contribution in [0.2, 0.25) is 37.8 Å². The minimum absolute atomic E-state index is 0.000799. The van der Waals surface area contributed by atoms with E-state index in [9.17, 15) is 4.79 Å². The van der Waals surface area contributed by atoms with Gasteiger partial charge in [-0.3, -0.25) is 4.79 Å². The summed E-state index contributed by atoms with van der Waals surface area (Å²) in [6.45, 7) is 22.0. The minimum Gasteiger partial charge on any atom is -0.545 e. The van der Waals surface area contributed by atoms with Gasteiger partial charge >= 0.3 is 5.97 Å². The van der Waals surface area contributed by atoms with Crippen LogP contribution in [0, 0.1) is 0 Å². The molecule has 214 valence electrons. The molecule has 2 rings (SSSR count). The number of carbonyl (C=O) groups excluding carboxylic acids is 1. The molecular formula is C32H48O5Si2. The smallest absolute Gasteiger partial charge is 0.313 e. The van der Waals surface area contributed by atoms with E-state index in [0.717, 1.165) is 5.56 Å². The van der Waals surface area contributed by atoms with E-state index in [0.29, 0.717) is 31.0 Å². The number of benzene rings is 2. The highest BCUT2D eigenvalue weighted by molar-refractivity contribution is 6.74. The Labute approximate surface area is 238 Å². The van der Waals surface area contributed by atoms with Crippen LogP contribution in [0.15, 0.2) is 85.2 Å². The summed E-state index contributed by atoms with van der Waals surface area (Å²) in [5.41, 5.74) is 1.10. The van der Waals surface area contributed by atoms with E-state index >= 15 is 0 Å². The Balaban J connectivity index is 2.21. The Bertz CT molecular complexity index is 1050. The van der Waals surface area contributed by atoms with Gasteiger partial charge in [0.15, 0.2) is 8.32 Å². The third kappa shape index (κ3) is 13.0. The maximum atomic E-state index is 13.0. The fourth-order valence-electron chi connectivity index (χ4n) is 3.71. The van der Waals surface area contributed by atoms with Gasteiger partial charge in [0.05, 0.1) is 31.0 Å². The Hall–Kier alpha value is -2.46. The molecule has 0 aliphatic rings. The molecule has 0 saturated carbocycles. The van der Waals surface area contributed by atoms with Gasteiger partial charge in [-0.05, 0) is 74.4 Å². The summed E-state index contributed by atoms with van der Waals surface area (Å²) in [7, 11) is -3.89. The highest BCUT2D eigenvalue weighted by Gasteiger charge is 2.40. The van der Waals surface area contributed by atoms with Crippen molar-refractivity contribution in [2.45, 2.75) is 96.6 Å². The number of para-hydroxylation sites is 1. The van der Waals surface area contributed by atoms with E-state index in [2.05, 4.69) is 72.2 Å². The summed E-state index contributed by atoms with van der Waals surface area (Å²) in [5, 5.41) is 0.000799. The van der Waals surface area contributed by atoms with Crippen LogP contribution in [0.5, 0.6) is 5.75 Å². The number of hydrogen-bond acceptors (Lipinski definition) is 5. The van der Waals surface area contributed by atoms with E-state index in [1.807, 2.05) is 48.6 Å². The van der Waals surface area contributed by atoms with Gasteiger partial charge in [-0.1, -0.05) is 82.0 Å². The first kappa shape index (κ1) is 32.8. The lowest BCUT2D eigenvalue weighted by Gasteiger charge is -2.39. The summed E-state index contributed by atoms with van der Waals surface area (Å²) in [6, 6.07) is 19.3. The molecule has 0 N–H and O–H groups in total. The summed E-state index contributed by atoms with van der Waals surface area (Å²) in [5.74, 6) is 0.893. The maximum absolute atomic E-state index is 13.0. The zero-order valence-corrected chi connectivity index (χ0v) is 27.2. The average molecular weight is 569 g/mol. The highest BCUT2D eigenvalue weighted by Crippen LogP contribution is 2.38. The van der Waals surface area contributed by atoms with Crippen LogP contribution in [0.4, 0.5) is 0 Å². The first-order valence-corrected chi connectivity index (χ1v) is 20.1. The molecular weight excluding hydrogens is 521 g/mol. The number of ether oxygens (including phenoxy) is 2. The van der Waals surface area contributed by atoms with E-state index < -0.39 is 16.6 Å². The Morgan fingerprint density at radius 1 is 0.923 bits per heavy atom. The molecule has 2 atom stereocenters. The van der Waals surface area contributed by atoms with Gasteiger partial charge in [-0.25, -0.2) is 0 Å². The molecule has 0 fully saturated rings. The highest BCUT2D eigenvalue weighted by atomic mass is 28.4. The zero-order chi connectivity index (χ0) is 29.1. The number of hydrogen-bond donors (Lipinski definition) is 0. The summed E-state index contributed by atoms with van der Waals surface area (Å²) in [6.07, 6.45) is 4.83. The second-order valence-electron chi connectivity index (χ2n) is 12.5. The van der Waals surface area contributed by atoms with Crippen molar-refractivity contribution in [3.05, 3.63) is 90.7 Å². The van der Waals surface area contributed by atoms with Crippen LogP contribution >= 0.6 is 0 Å². The SMILES string of the molecule is C=C(/C=C/C[C@@H](C[C@H](CC(=O)Oc1ccccc1)O[Si](C)(C)C(C)(C)C)OCc1ccccc1)O[Si](C)(C)C. The summed E-state index contributed by atoms with van der Waals surface area (Å²) < 4.78 is 24.8. The molecule has 0 unspecified atom stereocenters. The van der Waals surface area contributed by atoms with Crippen LogP contribution in [0.1, 0.15) is 45.6 Å². The lowest BCUT2D eigenvalue weighted by molar-refractivity contribution is -0.136. The number of carbonyl (C=O) groups is 1. The van der Waals surface area contributed by atoms with Crippen molar-refractivity contribution in [2.24, 2.45) is 0 Å². The van der Waals surface area contributed by atoms with Gasteiger partial charge in [-0.15, -0.1) is 0 Å². The van der Waals surface area contributed by atoms with Crippen molar-refractivity contribution < 1.29 is 23.1 Å². The predicted molar refractivity (Wildman–Crippen MR) is 166 cm³/mol. The molecule has 7 heteroatoms.